The van der Waals surface area contributed by atoms with Gasteiger partial charge in [0.15, 0.2) is 0 Å². The van der Waals surface area contributed by atoms with E-state index < -0.39 is 0 Å². The molecule has 1 amide bonds. The SMILES string of the molecule is CC1=C2C[C@@]3(C)C(=CC[C@H](O)[C@@H]3C)C=C2N(C)C1=O. The molecule has 1 N–H and O–H groups in total. The Balaban J connectivity index is 2.16. The first-order valence-electron chi connectivity index (χ1n) is 6.95. The van der Waals surface area contributed by atoms with E-state index in [4.69, 9.17) is 0 Å². The first-order chi connectivity index (χ1) is 8.86. The lowest BCUT2D eigenvalue weighted by atomic mass is 9.60. The molecule has 3 aliphatic rings. The van der Waals surface area contributed by atoms with Gasteiger partial charge in [-0.15, -0.1) is 0 Å². The summed E-state index contributed by atoms with van der Waals surface area (Å²) in [6.07, 6.45) is 5.58. The second-order valence-electron chi connectivity index (χ2n) is 6.34. The molecule has 0 spiro atoms. The molecule has 2 aliphatic carbocycles. The number of allylic oxidation sites excluding steroid dienone is 3. The highest BCUT2D eigenvalue weighted by molar-refractivity contribution is 6.00. The molecule has 1 heterocycles. The second kappa shape index (κ2) is 3.83. The molecule has 0 bridgehead atoms. The van der Waals surface area contributed by atoms with E-state index >= 15 is 0 Å². The molecule has 1 aliphatic heterocycles. The van der Waals surface area contributed by atoms with Gasteiger partial charge in [0.2, 0.25) is 0 Å². The fourth-order valence-corrected chi connectivity index (χ4v) is 3.67. The van der Waals surface area contributed by atoms with Gasteiger partial charge >= 0.3 is 0 Å². The Kier molecular flexibility index (Phi) is 2.55. The Morgan fingerprint density at radius 3 is 2.84 bits per heavy atom. The summed E-state index contributed by atoms with van der Waals surface area (Å²) < 4.78 is 0. The van der Waals surface area contributed by atoms with Crippen LogP contribution in [0.25, 0.3) is 0 Å². The highest BCUT2D eigenvalue weighted by atomic mass is 16.3. The van der Waals surface area contributed by atoms with Crippen molar-refractivity contribution in [2.75, 3.05) is 7.05 Å². The van der Waals surface area contributed by atoms with E-state index in [-0.39, 0.29) is 23.3 Å². The van der Waals surface area contributed by atoms with Crippen LogP contribution >= 0.6 is 0 Å². The molecule has 0 fully saturated rings. The highest BCUT2D eigenvalue weighted by Gasteiger charge is 2.46. The molecule has 0 unspecified atom stereocenters. The van der Waals surface area contributed by atoms with Crippen LogP contribution in [0.5, 0.6) is 0 Å². The lowest BCUT2D eigenvalue weighted by Gasteiger charge is -2.46. The average molecular weight is 259 g/mol. The molecule has 3 rings (SSSR count). The molecule has 3 nitrogen and oxygen atoms in total. The van der Waals surface area contributed by atoms with Gasteiger partial charge in [0.1, 0.15) is 0 Å². The Morgan fingerprint density at radius 2 is 2.16 bits per heavy atom. The van der Waals surface area contributed by atoms with E-state index in [2.05, 4.69) is 26.0 Å². The fraction of sp³-hybridized carbons (Fsp3) is 0.562. The predicted molar refractivity (Wildman–Crippen MR) is 74.1 cm³/mol. The van der Waals surface area contributed by atoms with Gasteiger partial charge < -0.3 is 10.0 Å². The van der Waals surface area contributed by atoms with E-state index in [0.29, 0.717) is 6.42 Å². The summed E-state index contributed by atoms with van der Waals surface area (Å²) in [5, 5.41) is 10.1. The van der Waals surface area contributed by atoms with E-state index in [0.717, 1.165) is 23.3 Å². The maximum absolute atomic E-state index is 12.1. The fourth-order valence-electron chi connectivity index (χ4n) is 3.67. The third kappa shape index (κ3) is 1.51. The van der Waals surface area contributed by atoms with Crippen molar-refractivity contribution in [1.82, 2.24) is 4.90 Å². The Morgan fingerprint density at radius 1 is 1.47 bits per heavy atom. The first kappa shape index (κ1) is 12.7. The van der Waals surface area contributed by atoms with E-state index in [1.165, 1.54) is 5.57 Å². The van der Waals surface area contributed by atoms with Crippen molar-refractivity contribution in [2.45, 2.75) is 39.7 Å². The molecule has 0 saturated heterocycles. The average Bonchev–Trinajstić information content (AvgIpc) is 2.58. The van der Waals surface area contributed by atoms with Crippen LogP contribution in [-0.2, 0) is 4.79 Å². The smallest absolute Gasteiger partial charge is 0.254 e. The molecule has 0 aromatic carbocycles. The number of carbonyl (C=O) groups excluding carboxylic acids is 1. The summed E-state index contributed by atoms with van der Waals surface area (Å²) in [4.78, 5) is 13.8. The van der Waals surface area contributed by atoms with Crippen molar-refractivity contribution in [3.8, 4) is 0 Å². The van der Waals surface area contributed by atoms with Crippen LogP contribution in [0.2, 0.25) is 0 Å². The molecular formula is C16H21NO2. The second-order valence-corrected chi connectivity index (χ2v) is 6.34. The van der Waals surface area contributed by atoms with Gasteiger partial charge in [-0.2, -0.15) is 0 Å². The van der Waals surface area contributed by atoms with Crippen molar-refractivity contribution in [2.24, 2.45) is 11.3 Å². The number of hydrogen-bond donors (Lipinski definition) is 1. The van der Waals surface area contributed by atoms with Crippen molar-refractivity contribution >= 4 is 5.91 Å². The Labute approximate surface area is 114 Å². The summed E-state index contributed by atoms with van der Waals surface area (Å²) in [5.74, 6) is 0.323. The van der Waals surface area contributed by atoms with Crippen LogP contribution in [-0.4, -0.2) is 29.1 Å². The Bertz CT molecular complexity index is 555. The summed E-state index contributed by atoms with van der Waals surface area (Å²) in [6.45, 7) is 6.24. The third-order valence-electron chi connectivity index (χ3n) is 5.41. The first-order valence-corrected chi connectivity index (χ1v) is 6.95. The number of aliphatic hydroxyl groups is 1. The number of hydrogen-bond acceptors (Lipinski definition) is 2. The molecule has 102 valence electrons. The summed E-state index contributed by atoms with van der Waals surface area (Å²) in [7, 11) is 1.84. The van der Waals surface area contributed by atoms with Crippen LogP contribution in [0.3, 0.4) is 0 Å². The number of likely N-dealkylation sites (N-methyl/N-ethyl adjacent to an activating group) is 1. The molecule has 0 saturated carbocycles. The zero-order valence-corrected chi connectivity index (χ0v) is 12.0. The minimum Gasteiger partial charge on any atom is -0.392 e. The third-order valence-corrected chi connectivity index (χ3v) is 5.41. The number of aliphatic hydroxyl groups excluding tert-OH is 1. The highest BCUT2D eigenvalue weighted by Crippen LogP contribution is 2.53. The maximum Gasteiger partial charge on any atom is 0.254 e. The molecule has 3 heteroatoms. The van der Waals surface area contributed by atoms with Gasteiger partial charge in [0.05, 0.1) is 6.10 Å². The summed E-state index contributed by atoms with van der Waals surface area (Å²) in [6, 6.07) is 0. The van der Waals surface area contributed by atoms with Gasteiger partial charge in [0, 0.05) is 23.7 Å². The van der Waals surface area contributed by atoms with Crippen LogP contribution < -0.4 is 0 Å². The topological polar surface area (TPSA) is 40.5 Å². The minimum atomic E-state index is -0.278. The van der Waals surface area contributed by atoms with Crippen molar-refractivity contribution in [3.63, 3.8) is 0 Å². The summed E-state index contributed by atoms with van der Waals surface area (Å²) in [5.41, 5.74) is 4.30. The lowest BCUT2D eigenvalue weighted by Crippen LogP contribution is -2.40. The van der Waals surface area contributed by atoms with Crippen LogP contribution in [0.1, 0.15) is 33.6 Å². The molecular weight excluding hydrogens is 238 g/mol. The van der Waals surface area contributed by atoms with Crippen molar-refractivity contribution < 1.29 is 9.90 Å². The van der Waals surface area contributed by atoms with E-state index in [1.54, 1.807) is 4.90 Å². The zero-order valence-electron chi connectivity index (χ0n) is 12.0. The number of fused-ring (bicyclic) bond motifs is 2. The largest absolute Gasteiger partial charge is 0.392 e. The molecule has 19 heavy (non-hydrogen) atoms. The lowest BCUT2D eigenvalue weighted by molar-refractivity contribution is -0.123. The molecule has 0 radical (unpaired) electrons. The van der Waals surface area contributed by atoms with Gasteiger partial charge in [-0.25, -0.2) is 0 Å². The van der Waals surface area contributed by atoms with Crippen molar-refractivity contribution in [1.29, 1.82) is 0 Å². The number of amides is 1. The van der Waals surface area contributed by atoms with Crippen LogP contribution in [0, 0.1) is 11.3 Å². The van der Waals surface area contributed by atoms with E-state index in [9.17, 15) is 9.90 Å². The zero-order chi connectivity index (χ0) is 13.9. The van der Waals surface area contributed by atoms with Crippen LogP contribution in [0.4, 0.5) is 0 Å². The van der Waals surface area contributed by atoms with Gasteiger partial charge in [-0.3, -0.25) is 4.79 Å². The standard InChI is InChI=1S/C16H21NO2/c1-9-12-8-16(3)10(2)14(18)6-5-11(16)7-13(12)17(4)15(9)19/h5,7,10,14,18H,6,8H2,1-4H3/t10-,14-,16+/m0/s1. The van der Waals surface area contributed by atoms with Crippen LogP contribution in [0.15, 0.2) is 34.6 Å². The molecule has 0 aromatic rings. The normalized spacial score (nSPS) is 37.9. The van der Waals surface area contributed by atoms with E-state index in [1.807, 2.05) is 14.0 Å². The minimum absolute atomic E-state index is 0.0524. The number of nitrogens with zero attached hydrogens (tertiary/aromatic N) is 1. The quantitative estimate of drug-likeness (QED) is 0.725. The summed E-state index contributed by atoms with van der Waals surface area (Å²) >= 11 is 0. The molecule has 0 aromatic heterocycles. The van der Waals surface area contributed by atoms with Gasteiger partial charge in [-0.1, -0.05) is 19.9 Å². The predicted octanol–water partition coefficient (Wildman–Crippen LogP) is 2.40. The number of carbonyl (C=O) groups is 1. The number of rotatable bonds is 0. The van der Waals surface area contributed by atoms with Crippen molar-refractivity contribution in [3.05, 3.63) is 34.6 Å². The molecule has 3 atom stereocenters. The maximum atomic E-state index is 12.1. The Hall–Kier alpha value is -1.35. The monoisotopic (exact) mass is 259 g/mol. The van der Waals surface area contributed by atoms with Gasteiger partial charge in [0.25, 0.3) is 5.91 Å². The van der Waals surface area contributed by atoms with Gasteiger partial charge in [-0.05, 0) is 42.9 Å².